The van der Waals surface area contributed by atoms with Gasteiger partial charge in [-0.25, -0.2) is 9.36 Å². The van der Waals surface area contributed by atoms with Gasteiger partial charge in [0, 0.05) is 33.6 Å². The fourth-order valence-electron chi connectivity index (χ4n) is 3.65. The van der Waals surface area contributed by atoms with Crippen molar-refractivity contribution in [2.75, 3.05) is 0 Å². The van der Waals surface area contributed by atoms with E-state index in [1.807, 2.05) is 143 Å². The normalized spacial score (nSPS) is 10.5. The molecule has 0 aliphatic heterocycles. The molecule has 0 saturated heterocycles. The monoisotopic (exact) mass is 508 g/mol. The van der Waals surface area contributed by atoms with Crippen LogP contribution in [-0.4, -0.2) is 19.6 Å². The number of benzene rings is 4. The second kappa shape index (κ2) is 11.1. The summed E-state index contributed by atoms with van der Waals surface area (Å²) in [6, 6.07) is 39.5. The molecular weight excluding hydrogens is 487 g/mol. The van der Waals surface area contributed by atoms with Crippen LogP contribution >= 0.6 is 23.2 Å². The van der Waals surface area contributed by atoms with Crippen LogP contribution in [0.4, 0.5) is 0 Å². The maximum Gasteiger partial charge on any atom is 0.0927 e. The van der Waals surface area contributed by atoms with Crippen molar-refractivity contribution in [1.82, 2.24) is 19.6 Å². The molecule has 0 amide bonds. The van der Waals surface area contributed by atoms with Gasteiger partial charge in [-0.15, -0.1) is 0 Å². The molecule has 6 heteroatoms. The lowest BCUT2D eigenvalue weighted by Crippen LogP contribution is -1.93. The zero-order valence-electron chi connectivity index (χ0n) is 19.2. The zero-order valence-corrected chi connectivity index (χ0v) is 20.8. The minimum Gasteiger partial charge on any atom is -0.240 e. The fraction of sp³-hybridized carbons (Fsp3) is 0. The Morgan fingerprint density at radius 2 is 0.778 bits per heavy atom. The Morgan fingerprint density at radius 1 is 0.417 bits per heavy atom. The molecule has 0 aliphatic rings. The van der Waals surface area contributed by atoms with Gasteiger partial charge in [-0.3, -0.25) is 0 Å². The van der Waals surface area contributed by atoms with Crippen LogP contribution < -0.4 is 0 Å². The molecule has 0 aliphatic carbocycles. The number of aromatic nitrogens is 4. The number of hydrogen-bond acceptors (Lipinski definition) is 2. The van der Waals surface area contributed by atoms with Crippen LogP contribution in [0.3, 0.4) is 0 Å². The summed E-state index contributed by atoms with van der Waals surface area (Å²) in [5.41, 5.74) is 6.12. The number of halogens is 2. The van der Waals surface area contributed by atoms with Gasteiger partial charge in [-0.2, -0.15) is 10.2 Å². The van der Waals surface area contributed by atoms with Crippen molar-refractivity contribution in [3.63, 3.8) is 0 Å². The van der Waals surface area contributed by atoms with Gasteiger partial charge in [0.15, 0.2) is 0 Å². The Kier molecular flexibility index (Phi) is 7.27. The molecule has 36 heavy (non-hydrogen) atoms. The van der Waals surface area contributed by atoms with Crippen molar-refractivity contribution in [2.45, 2.75) is 0 Å². The molecule has 0 unspecified atom stereocenters. The Hall–Kier alpha value is -4.12. The van der Waals surface area contributed by atoms with Crippen molar-refractivity contribution in [3.8, 4) is 33.9 Å². The summed E-state index contributed by atoms with van der Waals surface area (Å²) in [5.74, 6) is 0. The van der Waals surface area contributed by atoms with Crippen LogP contribution in [0, 0.1) is 0 Å². The second-order valence-electron chi connectivity index (χ2n) is 7.98. The molecule has 2 heterocycles. The van der Waals surface area contributed by atoms with Crippen LogP contribution in [0.2, 0.25) is 10.0 Å². The Morgan fingerprint density at radius 3 is 1.14 bits per heavy atom. The molecule has 0 N–H and O–H groups in total. The molecule has 0 radical (unpaired) electrons. The summed E-state index contributed by atoms with van der Waals surface area (Å²) in [5, 5.41) is 10.6. The first-order valence-corrected chi connectivity index (χ1v) is 12.2. The zero-order chi connectivity index (χ0) is 24.7. The number of para-hydroxylation sites is 2. The first-order chi connectivity index (χ1) is 17.7. The lowest BCUT2D eigenvalue weighted by atomic mass is 10.2. The van der Waals surface area contributed by atoms with Crippen LogP contribution in [0.5, 0.6) is 0 Å². The van der Waals surface area contributed by atoms with Gasteiger partial charge in [0.25, 0.3) is 0 Å². The molecule has 0 saturated carbocycles. The van der Waals surface area contributed by atoms with Crippen LogP contribution in [0.1, 0.15) is 0 Å². The van der Waals surface area contributed by atoms with Gasteiger partial charge >= 0.3 is 0 Å². The van der Waals surface area contributed by atoms with Gasteiger partial charge in [-0.1, -0.05) is 83.9 Å². The topological polar surface area (TPSA) is 35.6 Å². The minimum atomic E-state index is 0.737. The van der Waals surface area contributed by atoms with Crippen molar-refractivity contribution in [3.05, 3.63) is 144 Å². The lowest BCUT2D eigenvalue weighted by molar-refractivity contribution is 0.884. The number of nitrogens with zero attached hydrogens (tertiary/aromatic N) is 4. The SMILES string of the molecule is Clc1ccc(-c2ccn(-c3ccccc3)n2)cc1.Clc1ccc(-c2ccn(-c3ccccc3)n2)cc1. The summed E-state index contributed by atoms with van der Waals surface area (Å²) in [6.07, 6.45) is 3.92. The Balaban J connectivity index is 0.000000148. The van der Waals surface area contributed by atoms with E-state index < -0.39 is 0 Å². The molecule has 4 aromatic carbocycles. The van der Waals surface area contributed by atoms with Gasteiger partial charge in [-0.05, 0) is 60.7 Å². The van der Waals surface area contributed by atoms with Crippen molar-refractivity contribution in [1.29, 1.82) is 0 Å². The Labute approximate surface area is 220 Å². The van der Waals surface area contributed by atoms with Gasteiger partial charge in [0.05, 0.1) is 22.8 Å². The highest BCUT2D eigenvalue weighted by molar-refractivity contribution is 6.30. The smallest absolute Gasteiger partial charge is 0.0927 e. The van der Waals surface area contributed by atoms with E-state index in [1.165, 1.54) is 0 Å². The van der Waals surface area contributed by atoms with Gasteiger partial charge < -0.3 is 0 Å². The van der Waals surface area contributed by atoms with Crippen LogP contribution in [-0.2, 0) is 0 Å². The van der Waals surface area contributed by atoms with Crippen molar-refractivity contribution in [2.24, 2.45) is 0 Å². The molecule has 0 atom stereocenters. The average Bonchev–Trinajstić information content (AvgIpc) is 3.62. The van der Waals surface area contributed by atoms with Crippen LogP contribution in [0.25, 0.3) is 33.9 Å². The van der Waals surface area contributed by atoms with E-state index in [4.69, 9.17) is 23.2 Å². The van der Waals surface area contributed by atoms with E-state index in [0.717, 1.165) is 43.9 Å². The minimum absolute atomic E-state index is 0.737. The third-order valence-electron chi connectivity index (χ3n) is 5.50. The molecule has 6 rings (SSSR count). The molecule has 2 aromatic heterocycles. The largest absolute Gasteiger partial charge is 0.240 e. The average molecular weight is 509 g/mol. The van der Waals surface area contributed by atoms with Gasteiger partial charge in [0.1, 0.15) is 0 Å². The van der Waals surface area contributed by atoms with Crippen LogP contribution in [0.15, 0.2) is 134 Å². The quantitative estimate of drug-likeness (QED) is 0.239. The van der Waals surface area contributed by atoms with E-state index in [9.17, 15) is 0 Å². The van der Waals surface area contributed by atoms with Gasteiger partial charge in [0.2, 0.25) is 0 Å². The standard InChI is InChI=1S/2C15H11ClN2/c2*16-13-8-6-12(7-9-13)15-10-11-18(17-15)14-4-2-1-3-5-14/h2*1-11H. The van der Waals surface area contributed by atoms with Crippen molar-refractivity contribution < 1.29 is 0 Å². The molecule has 0 fully saturated rings. The third kappa shape index (κ3) is 5.74. The highest BCUT2D eigenvalue weighted by atomic mass is 35.5. The lowest BCUT2D eigenvalue weighted by Gasteiger charge is -2.00. The predicted octanol–water partition coefficient (Wildman–Crippen LogP) is 8.39. The first kappa shape index (κ1) is 23.6. The van der Waals surface area contributed by atoms with Crippen molar-refractivity contribution >= 4 is 23.2 Å². The number of rotatable bonds is 4. The first-order valence-electron chi connectivity index (χ1n) is 11.4. The molecule has 0 bridgehead atoms. The predicted molar refractivity (Wildman–Crippen MR) is 148 cm³/mol. The molecule has 176 valence electrons. The molecule has 0 spiro atoms. The maximum absolute atomic E-state index is 5.87. The summed E-state index contributed by atoms with van der Waals surface area (Å²) < 4.78 is 3.73. The summed E-state index contributed by atoms with van der Waals surface area (Å²) in [6.45, 7) is 0. The molecule has 6 aromatic rings. The highest BCUT2D eigenvalue weighted by Gasteiger charge is 2.04. The summed E-state index contributed by atoms with van der Waals surface area (Å²) >= 11 is 11.7. The third-order valence-corrected chi connectivity index (χ3v) is 6.00. The molecular formula is C30H22Cl2N4. The Bertz CT molecular complexity index is 1400. The van der Waals surface area contributed by atoms with E-state index in [2.05, 4.69) is 10.2 Å². The maximum atomic E-state index is 5.87. The van der Waals surface area contributed by atoms with E-state index >= 15 is 0 Å². The summed E-state index contributed by atoms with van der Waals surface area (Å²) in [4.78, 5) is 0. The van der Waals surface area contributed by atoms with E-state index in [1.54, 1.807) is 0 Å². The number of hydrogen-bond donors (Lipinski definition) is 0. The highest BCUT2D eigenvalue weighted by Crippen LogP contribution is 2.22. The molecule has 4 nitrogen and oxygen atoms in total. The fourth-order valence-corrected chi connectivity index (χ4v) is 3.90. The van der Waals surface area contributed by atoms with E-state index in [0.29, 0.717) is 0 Å². The second-order valence-corrected chi connectivity index (χ2v) is 8.85. The summed E-state index contributed by atoms with van der Waals surface area (Å²) in [7, 11) is 0. The van der Waals surface area contributed by atoms with E-state index in [-0.39, 0.29) is 0 Å².